The molecule has 0 saturated carbocycles. The second-order valence-corrected chi connectivity index (χ2v) is 14.9. The molecule has 0 spiro atoms. The second-order valence-electron chi connectivity index (χ2n) is 14.9. The van der Waals surface area contributed by atoms with Crippen molar-refractivity contribution >= 4 is 17.9 Å². The van der Waals surface area contributed by atoms with Crippen LogP contribution in [0, 0.1) is 0 Å². The van der Waals surface area contributed by atoms with Gasteiger partial charge in [0.05, 0.1) is 34.4 Å². The molecule has 8 heteroatoms. The minimum Gasteiger partial charge on any atom is -0.477 e. The van der Waals surface area contributed by atoms with Crippen LogP contribution in [0.2, 0.25) is 0 Å². The fraction of sp³-hybridized carbons (Fsp3) is 0.750. The van der Waals surface area contributed by atoms with E-state index in [2.05, 4.69) is 62.5 Å². The molecule has 1 N–H and O–H groups in total. The molecule has 0 aromatic rings. The summed E-state index contributed by atoms with van der Waals surface area (Å²) in [5.41, 5.74) is 0. The number of likely N-dealkylation sites (N-methyl/N-ethyl adjacent to an activating group) is 1. The standard InChI is InChI=1S/C44H77NO7/c1-6-8-10-12-14-16-18-20-21-22-23-25-27-29-31-33-35-43(47)52-40(38-50-37-36-41(44(48)49)45(3,4)5)39-51-42(46)34-32-30-28-26-24-19-17-15-13-11-9-7-2/h9,11,15,17,21-23,25,40-41H,6-8,10,12-14,16,18-20,24,26-39H2,1-5H3/p+1/b11-9+,17-15+,22-21+,25-23+. The fourth-order valence-electron chi connectivity index (χ4n) is 5.77. The summed E-state index contributed by atoms with van der Waals surface area (Å²) in [6.45, 7) is 4.56. The number of nitrogens with zero attached hydrogens (tertiary/aromatic N) is 1. The van der Waals surface area contributed by atoms with E-state index in [1.54, 1.807) is 0 Å². The van der Waals surface area contributed by atoms with Crippen molar-refractivity contribution in [2.24, 2.45) is 0 Å². The van der Waals surface area contributed by atoms with E-state index in [4.69, 9.17) is 14.2 Å². The summed E-state index contributed by atoms with van der Waals surface area (Å²) in [6.07, 6.45) is 40.1. The number of carbonyl (C=O) groups is 3. The molecule has 0 amide bonds. The van der Waals surface area contributed by atoms with E-state index >= 15 is 0 Å². The Morgan fingerprint density at radius 3 is 1.71 bits per heavy atom. The molecule has 0 aromatic heterocycles. The molecule has 0 rings (SSSR count). The van der Waals surface area contributed by atoms with Gasteiger partial charge in [0, 0.05) is 19.3 Å². The van der Waals surface area contributed by atoms with Gasteiger partial charge >= 0.3 is 17.9 Å². The van der Waals surface area contributed by atoms with Crippen LogP contribution < -0.4 is 0 Å². The molecule has 0 aliphatic rings. The predicted molar refractivity (Wildman–Crippen MR) is 215 cm³/mol. The highest BCUT2D eigenvalue weighted by molar-refractivity contribution is 5.72. The first-order chi connectivity index (χ1) is 25.1. The highest BCUT2D eigenvalue weighted by Crippen LogP contribution is 2.13. The molecule has 0 aliphatic heterocycles. The Bertz CT molecular complexity index is 995. The smallest absolute Gasteiger partial charge is 0.362 e. The minimum atomic E-state index is -0.883. The van der Waals surface area contributed by atoms with Crippen molar-refractivity contribution in [2.45, 2.75) is 174 Å². The normalized spacial score (nSPS) is 13.5. The lowest BCUT2D eigenvalue weighted by Crippen LogP contribution is -2.50. The van der Waals surface area contributed by atoms with Crippen molar-refractivity contribution in [3.05, 3.63) is 48.6 Å². The Hall–Kier alpha value is -2.71. The lowest BCUT2D eigenvalue weighted by molar-refractivity contribution is -0.887. The molecule has 2 unspecified atom stereocenters. The molecule has 2 atom stereocenters. The Kier molecular flexibility index (Phi) is 33.5. The topological polar surface area (TPSA) is 99.1 Å². The summed E-state index contributed by atoms with van der Waals surface area (Å²) in [6, 6.07) is -0.621. The van der Waals surface area contributed by atoms with Crippen molar-refractivity contribution in [3.63, 3.8) is 0 Å². The Balaban J connectivity index is 4.45. The maximum atomic E-state index is 12.7. The van der Waals surface area contributed by atoms with Crippen LogP contribution in [0.15, 0.2) is 48.6 Å². The summed E-state index contributed by atoms with van der Waals surface area (Å²) in [5, 5.41) is 9.60. The Labute approximate surface area is 318 Å². The molecule has 0 aliphatic carbocycles. The van der Waals surface area contributed by atoms with Crippen molar-refractivity contribution < 1.29 is 38.2 Å². The SMILES string of the molecule is CC/C=C/C/C=C/CCCCCCCC(=O)OCC(COCCC(C(=O)O)[N+](C)(C)C)OC(=O)CCCCC/C=C/C=C/CCCCCCCCC. The van der Waals surface area contributed by atoms with E-state index in [0.29, 0.717) is 19.3 Å². The lowest BCUT2D eigenvalue weighted by atomic mass is 10.1. The van der Waals surface area contributed by atoms with Gasteiger partial charge in [-0.3, -0.25) is 9.59 Å². The van der Waals surface area contributed by atoms with E-state index in [-0.39, 0.29) is 36.2 Å². The average molecular weight is 733 g/mol. The third-order valence-electron chi connectivity index (χ3n) is 8.99. The monoisotopic (exact) mass is 733 g/mol. The minimum absolute atomic E-state index is 0.0448. The first kappa shape index (κ1) is 49.3. The van der Waals surface area contributed by atoms with Crippen molar-refractivity contribution in [2.75, 3.05) is 41.0 Å². The number of rotatable bonds is 36. The van der Waals surface area contributed by atoms with Crippen molar-refractivity contribution in [1.82, 2.24) is 0 Å². The summed E-state index contributed by atoms with van der Waals surface area (Å²) < 4.78 is 17.2. The number of allylic oxidation sites excluding steroid dienone is 8. The molecule has 0 heterocycles. The Morgan fingerprint density at radius 2 is 1.13 bits per heavy atom. The molecule has 52 heavy (non-hydrogen) atoms. The van der Waals surface area contributed by atoms with Crippen LogP contribution >= 0.6 is 0 Å². The Morgan fingerprint density at radius 1 is 0.615 bits per heavy atom. The molecular weight excluding hydrogens is 654 g/mol. The van der Waals surface area contributed by atoms with Crippen LogP contribution in [-0.4, -0.2) is 80.6 Å². The van der Waals surface area contributed by atoms with E-state index in [9.17, 15) is 19.5 Å². The van der Waals surface area contributed by atoms with E-state index < -0.39 is 18.1 Å². The maximum Gasteiger partial charge on any atom is 0.362 e. The number of ether oxygens (including phenoxy) is 3. The zero-order valence-electron chi connectivity index (χ0n) is 34.0. The highest BCUT2D eigenvalue weighted by Gasteiger charge is 2.31. The van der Waals surface area contributed by atoms with Gasteiger partial charge in [0.25, 0.3) is 0 Å². The summed E-state index contributed by atoms with van der Waals surface area (Å²) in [4.78, 5) is 36.8. The van der Waals surface area contributed by atoms with Gasteiger partial charge in [0.15, 0.2) is 12.1 Å². The first-order valence-electron chi connectivity index (χ1n) is 20.7. The zero-order chi connectivity index (χ0) is 38.5. The number of quaternary nitrogens is 1. The van der Waals surface area contributed by atoms with Crippen LogP contribution in [0.4, 0.5) is 0 Å². The molecule has 300 valence electrons. The van der Waals surface area contributed by atoms with Gasteiger partial charge in [0.1, 0.15) is 6.61 Å². The third-order valence-corrected chi connectivity index (χ3v) is 8.99. The van der Waals surface area contributed by atoms with Crippen molar-refractivity contribution in [3.8, 4) is 0 Å². The van der Waals surface area contributed by atoms with Gasteiger partial charge in [-0.1, -0.05) is 127 Å². The van der Waals surface area contributed by atoms with E-state index in [1.807, 2.05) is 21.1 Å². The summed E-state index contributed by atoms with van der Waals surface area (Å²) >= 11 is 0. The molecule has 8 nitrogen and oxygen atoms in total. The maximum absolute atomic E-state index is 12.7. The van der Waals surface area contributed by atoms with Crippen molar-refractivity contribution in [1.29, 1.82) is 0 Å². The molecule has 0 fully saturated rings. The number of hydrogen-bond donors (Lipinski definition) is 1. The third kappa shape index (κ3) is 33.1. The molecule has 0 bridgehead atoms. The first-order valence-corrected chi connectivity index (χ1v) is 20.7. The summed E-state index contributed by atoms with van der Waals surface area (Å²) in [5.74, 6) is -1.53. The van der Waals surface area contributed by atoms with Gasteiger partial charge in [-0.2, -0.15) is 0 Å². The molecule has 0 radical (unpaired) electrons. The second kappa shape index (κ2) is 35.3. The van der Waals surface area contributed by atoms with Gasteiger partial charge in [0.2, 0.25) is 0 Å². The fourth-order valence-corrected chi connectivity index (χ4v) is 5.77. The highest BCUT2D eigenvalue weighted by atomic mass is 16.6. The number of carbonyl (C=O) groups excluding carboxylic acids is 2. The van der Waals surface area contributed by atoms with Gasteiger partial charge in [-0.05, 0) is 64.2 Å². The van der Waals surface area contributed by atoms with Crippen LogP contribution in [0.5, 0.6) is 0 Å². The van der Waals surface area contributed by atoms with Crippen LogP contribution in [0.3, 0.4) is 0 Å². The van der Waals surface area contributed by atoms with E-state index in [1.165, 1.54) is 44.9 Å². The largest absolute Gasteiger partial charge is 0.477 e. The summed E-state index contributed by atoms with van der Waals surface area (Å²) in [7, 11) is 5.50. The number of aliphatic carboxylic acids is 1. The number of hydrogen-bond acceptors (Lipinski definition) is 6. The number of carboxylic acids is 1. The quantitative estimate of drug-likeness (QED) is 0.0225. The molecule has 0 aromatic carbocycles. The molecular formula is C44H78NO7+. The average Bonchev–Trinajstić information content (AvgIpc) is 3.09. The van der Waals surface area contributed by atoms with Gasteiger partial charge < -0.3 is 23.8 Å². The van der Waals surface area contributed by atoms with Crippen LogP contribution in [0.25, 0.3) is 0 Å². The number of esters is 2. The van der Waals surface area contributed by atoms with Gasteiger partial charge in [-0.15, -0.1) is 0 Å². The predicted octanol–water partition coefficient (Wildman–Crippen LogP) is 10.9. The zero-order valence-corrected chi connectivity index (χ0v) is 34.0. The lowest BCUT2D eigenvalue weighted by Gasteiger charge is -2.31. The molecule has 0 saturated heterocycles. The number of unbranched alkanes of at least 4 members (excludes halogenated alkanes) is 15. The van der Waals surface area contributed by atoms with Crippen LogP contribution in [-0.2, 0) is 28.6 Å². The van der Waals surface area contributed by atoms with Gasteiger partial charge in [-0.25, -0.2) is 4.79 Å². The van der Waals surface area contributed by atoms with Crippen LogP contribution in [0.1, 0.15) is 162 Å². The number of carboxylic acid groups (broad SMARTS) is 1. The van der Waals surface area contributed by atoms with E-state index in [0.717, 1.165) is 83.5 Å².